The Hall–Kier alpha value is -0.0800. The molecule has 1 radical (unpaired) electrons. The van der Waals surface area contributed by atoms with E-state index in [2.05, 4.69) is 20.8 Å². The van der Waals surface area contributed by atoms with E-state index in [1.54, 1.807) is 0 Å². The zero-order valence-corrected chi connectivity index (χ0v) is 11.3. The number of hydrogen-bond acceptors (Lipinski definition) is 2. The molecule has 0 saturated heterocycles. The molecule has 2 saturated carbocycles. The molecule has 0 aliphatic heterocycles. The van der Waals surface area contributed by atoms with Crippen molar-refractivity contribution in [1.29, 1.82) is 0 Å². The van der Waals surface area contributed by atoms with Gasteiger partial charge in [-0.1, -0.05) is 20.8 Å². The van der Waals surface area contributed by atoms with Gasteiger partial charge in [-0.15, -0.1) is 0 Å². The minimum Gasteiger partial charge on any atom is -0.353 e. The van der Waals surface area contributed by atoms with Crippen LogP contribution in [0.15, 0.2) is 0 Å². The molecule has 0 aromatic carbocycles. The summed E-state index contributed by atoms with van der Waals surface area (Å²) < 4.78 is 11.5. The molecule has 3 unspecified atom stereocenters. The van der Waals surface area contributed by atoms with Crippen LogP contribution >= 0.6 is 0 Å². The molecule has 0 heterocycles. The van der Waals surface area contributed by atoms with Crippen LogP contribution in [0.5, 0.6) is 0 Å². The van der Waals surface area contributed by atoms with Crippen molar-refractivity contribution in [3.05, 3.63) is 6.10 Å². The molecule has 2 rings (SSSR count). The largest absolute Gasteiger partial charge is 0.353 e. The van der Waals surface area contributed by atoms with Crippen molar-refractivity contribution < 1.29 is 9.47 Å². The Kier molecular flexibility index (Phi) is 3.09. The van der Waals surface area contributed by atoms with Crippen LogP contribution in [0.3, 0.4) is 0 Å². The molecule has 0 aromatic rings. The lowest BCUT2D eigenvalue weighted by molar-refractivity contribution is -0.143. The minimum absolute atomic E-state index is 0.0908. The van der Waals surface area contributed by atoms with Crippen molar-refractivity contribution in [2.75, 3.05) is 6.61 Å². The second kappa shape index (κ2) is 3.99. The highest BCUT2D eigenvalue weighted by molar-refractivity contribution is 5.19. The predicted octanol–water partition coefficient (Wildman–Crippen LogP) is 3.76. The van der Waals surface area contributed by atoms with Crippen molar-refractivity contribution in [2.24, 2.45) is 16.7 Å². The molecule has 2 fully saturated rings. The smallest absolute Gasteiger partial charge is 0.155 e. The van der Waals surface area contributed by atoms with Crippen molar-refractivity contribution >= 4 is 0 Å². The topological polar surface area (TPSA) is 18.5 Å². The van der Waals surface area contributed by atoms with Crippen molar-refractivity contribution in [1.82, 2.24) is 0 Å². The van der Waals surface area contributed by atoms with Gasteiger partial charge in [0.05, 0.1) is 0 Å². The third kappa shape index (κ3) is 1.62. The van der Waals surface area contributed by atoms with Crippen LogP contribution in [0.4, 0.5) is 0 Å². The Labute approximate surface area is 99.7 Å². The van der Waals surface area contributed by atoms with Gasteiger partial charge in [0.2, 0.25) is 0 Å². The molecule has 3 atom stereocenters. The summed E-state index contributed by atoms with van der Waals surface area (Å²) in [4.78, 5) is 0. The second-order valence-corrected chi connectivity index (χ2v) is 6.06. The first-order chi connectivity index (χ1) is 7.41. The fourth-order valence-corrected chi connectivity index (χ4v) is 3.55. The molecule has 93 valence electrons. The maximum atomic E-state index is 6.02. The van der Waals surface area contributed by atoms with Gasteiger partial charge in [0.1, 0.15) is 6.10 Å². The van der Waals surface area contributed by atoms with Gasteiger partial charge in [0.25, 0.3) is 0 Å². The highest BCUT2D eigenvalue weighted by atomic mass is 16.7. The molecule has 0 amide bonds. The highest BCUT2D eigenvalue weighted by Crippen LogP contribution is 2.69. The predicted molar refractivity (Wildman–Crippen MR) is 64.6 cm³/mol. The summed E-state index contributed by atoms with van der Waals surface area (Å²) in [6.07, 6.45) is 4.97. The quantitative estimate of drug-likeness (QED) is 0.678. The van der Waals surface area contributed by atoms with Crippen LogP contribution < -0.4 is 0 Å². The molecule has 2 heteroatoms. The first-order valence-electron chi connectivity index (χ1n) is 6.56. The third-order valence-corrected chi connectivity index (χ3v) is 5.19. The number of ether oxygens (including phenoxy) is 2. The molecule has 16 heavy (non-hydrogen) atoms. The molecule has 2 bridgehead atoms. The first-order valence-corrected chi connectivity index (χ1v) is 6.56. The zero-order chi connectivity index (χ0) is 12.0. The molecule has 0 spiro atoms. The summed E-state index contributed by atoms with van der Waals surface area (Å²) in [5.41, 5.74) is 0.664. The standard InChI is InChI=1S/C14H25O2/c1-6-15-10(2)16-12-9-11-7-8-14(12,5)13(11,3)4/h10-11H,6-9H2,1-5H3. The van der Waals surface area contributed by atoms with Gasteiger partial charge < -0.3 is 9.47 Å². The molecule has 2 aliphatic carbocycles. The average molecular weight is 225 g/mol. The number of rotatable bonds is 4. The Bertz CT molecular complexity index is 261. The Morgan fingerprint density at radius 2 is 2.06 bits per heavy atom. The van der Waals surface area contributed by atoms with Crippen LogP contribution in [-0.4, -0.2) is 12.9 Å². The lowest BCUT2D eigenvalue weighted by atomic mass is 9.70. The Balaban J connectivity index is 2.04. The Morgan fingerprint density at radius 3 is 2.50 bits per heavy atom. The maximum absolute atomic E-state index is 6.02. The van der Waals surface area contributed by atoms with Gasteiger partial charge in [-0.05, 0) is 44.4 Å². The Morgan fingerprint density at radius 1 is 1.38 bits per heavy atom. The van der Waals surface area contributed by atoms with Crippen molar-refractivity contribution in [3.8, 4) is 0 Å². The molecule has 0 aromatic heterocycles. The summed E-state index contributed by atoms with van der Waals surface area (Å²) in [7, 11) is 0. The lowest BCUT2D eigenvalue weighted by Crippen LogP contribution is -2.34. The first kappa shape index (κ1) is 12.4. The van der Waals surface area contributed by atoms with Crippen molar-refractivity contribution in [3.63, 3.8) is 0 Å². The summed E-state index contributed by atoms with van der Waals surface area (Å²) in [6.45, 7) is 11.9. The van der Waals surface area contributed by atoms with E-state index in [0.29, 0.717) is 5.41 Å². The van der Waals surface area contributed by atoms with Crippen LogP contribution in [0.1, 0.15) is 53.9 Å². The van der Waals surface area contributed by atoms with Gasteiger partial charge in [0, 0.05) is 12.0 Å². The van der Waals surface area contributed by atoms with E-state index in [4.69, 9.17) is 9.47 Å². The number of hydrogen-bond donors (Lipinski definition) is 0. The van der Waals surface area contributed by atoms with Gasteiger partial charge in [-0.25, -0.2) is 0 Å². The third-order valence-electron chi connectivity index (χ3n) is 5.19. The molecular weight excluding hydrogens is 200 g/mol. The van der Waals surface area contributed by atoms with E-state index in [9.17, 15) is 0 Å². The van der Waals surface area contributed by atoms with E-state index in [1.165, 1.54) is 18.9 Å². The summed E-state index contributed by atoms with van der Waals surface area (Å²) in [6, 6.07) is 0. The summed E-state index contributed by atoms with van der Waals surface area (Å²) in [5, 5.41) is 0. The van der Waals surface area contributed by atoms with E-state index in [-0.39, 0.29) is 11.7 Å². The van der Waals surface area contributed by atoms with E-state index >= 15 is 0 Å². The normalized spacial score (nSPS) is 39.2. The van der Waals surface area contributed by atoms with Gasteiger partial charge >= 0.3 is 0 Å². The fraction of sp³-hybridized carbons (Fsp3) is 0.929. The van der Waals surface area contributed by atoms with E-state index < -0.39 is 0 Å². The van der Waals surface area contributed by atoms with Crippen LogP contribution in [0.2, 0.25) is 0 Å². The van der Waals surface area contributed by atoms with E-state index in [0.717, 1.165) is 18.9 Å². The zero-order valence-electron chi connectivity index (χ0n) is 11.3. The van der Waals surface area contributed by atoms with Gasteiger partial charge in [-0.3, -0.25) is 0 Å². The molecule has 2 nitrogen and oxygen atoms in total. The van der Waals surface area contributed by atoms with Gasteiger partial charge in [0.15, 0.2) is 6.29 Å². The molecular formula is C14H25O2. The molecule has 2 aliphatic rings. The maximum Gasteiger partial charge on any atom is 0.155 e. The second-order valence-electron chi connectivity index (χ2n) is 6.06. The monoisotopic (exact) mass is 225 g/mol. The SMILES string of the molecule is CCOC(C)O[C]1CC2CCC1(C)C2(C)C. The van der Waals surface area contributed by atoms with Crippen LogP contribution in [0, 0.1) is 22.9 Å². The van der Waals surface area contributed by atoms with Crippen LogP contribution in [0.25, 0.3) is 0 Å². The minimum atomic E-state index is -0.0908. The van der Waals surface area contributed by atoms with Crippen LogP contribution in [-0.2, 0) is 9.47 Å². The highest BCUT2D eigenvalue weighted by Gasteiger charge is 2.62. The van der Waals surface area contributed by atoms with E-state index in [1.807, 2.05) is 13.8 Å². The summed E-state index contributed by atoms with van der Waals surface area (Å²) >= 11 is 0. The lowest BCUT2D eigenvalue weighted by Gasteiger charge is -2.38. The average Bonchev–Trinajstić information content (AvgIpc) is 2.51. The fourth-order valence-electron chi connectivity index (χ4n) is 3.55. The molecule has 0 N–H and O–H groups in total. The summed E-state index contributed by atoms with van der Waals surface area (Å²) in [5.74, 6) is 0.807. The van der Waals surface area contributed by atoms with Crippen molar-refractivity contribution in [2.45, 2.75) is 60.2 Å². The number of fused-ring (bicyclic) bond motifs is 2. The van der Waals surface area contributed by atoms with Gasteiger partial charge in [-0.2, -0.15) is 0 Å².